The summed E-state index contributed by atoms with van der Waals surface area (Å²) in [6, 6.07) is 6.52. The molecule has 1 saturated heterocycles. The number of hydrogen-bond donors (Lipinski definition) is 1. The molecule has 0 saturated carbocycles. The van der Waals surface area contributed by atoms with Crippen molar-refractivity contribution in [3.05, 3.63) is 52.6 Å². The molecule has 0 spiro atoms. The van der Waals surface area contributed by atoms with Crippen LogP contribution in [-0.2, 0) is 22.6 Å². The number of nitrogens with one attached hydrogen (secondary N) is 1. The number of guanidine groups is 1. The van der Waals surface area contributed by atoms with E-state index in [1.54, 1.807) is 26.3 Å². The molecule has 164 valence electrons. The monoisotopic (exact) mass is 417 g/mol. The molecule has 7 nitrogen and oxygen atoms in total. The zero-order chi connectivity index (χ0) is 21.7. The molecule has 2 aromatic rings. The van der Waals surface area contributed by atoms with Crippen molar-refractivity contribution in [1.29, 1.82) is 0 Å². The van der Waals surface area contributed by atoms with Crippen molar-refractivity contribution in [2.45, 2.75) is 46.1 Å². The summed E-state index contributed by atoms with van der Waals surface area (Å²) < 4.78 is 26.6. The van der Waals surface area contributed by atoms with E-state index in [2.05, 4.69) is 27.2 Å². The van der Waals surface area contributed by atoms with Crippen LogP contribution in [0.5, 0.6) is 0 Å². The quantitative estimate of drug-likeness (QED) is 0.578. The van der Waals surface area contributed by atoms with Crippen molar-refractivity contribution in [3.8, 4) is 0 Å². The number of hydrogen-bond acceptors (Lipinski definition) is 4. The average Bonchev–Trinajstić information content (AvgIpc) is 3.00. The Balaban J connectivity index is 1.68. The molecular weight excluding hydrogens is 385 g/mol. The van der Waals surface area contributed by atoms with E-state index in [0.29, 0.717) is 19.7 Å². The summed E-state index contributed by atoms with van der Waals surface area (Å²) in [7, 11) is 3.48. The van der Waals surface area contributed by atoms with E-state index in [4.69, 9.17) is 9.47 Å². The van der Waals surface area contributed by atoms with Gasteiger partial charge in [0.1, 0.15) is 11.9 Å². The molecule has 2 heterocycles. The van der Waals surface area contributed by atoms with E-state index >= 15 is 0 Å². The Bertz CT molecular complexity index is 865. The Kier molecular flexibility index (Phi) is 7.44. The Hall–Kier alpha value is -2.45. The molecule has 8 heteroatoms. The lowest BCUT2D eigenvalue weighted by atomic mass is 10.1. The highest BCUT2D eigenvalue weighted by molar-refractivity contribution is 5.80. The van der Waals surface area contributed by atoms with Gasteiger partial charge in [-0.1, -0.05) is 12.1 Å². The Morgan fingerprint density at radius 1 is 1.30 bits per heavy atom. The van der Waals surface area contributed by atoms with Crippen molar-refractivity contribution in [1.82, 2.24) is 20.0 Å². The van der Waals surface area contributed by atoms with E-state index in [0.717, 1.165) is 36.0 Å². The van der Waals surface area contributed by atoms with Gasteiger partial charge in [0.05, 0.1) is 31.5 Å². The van der Waals surface area contributed by atoms with Gasteiger partial charge in [0.2, 0.25) is 0 Å². The van der Waals surface area contributed by atoms with Crippen molar-refractivity contribution < 1.29 is 13.9 Å². The Morgan fingerprint density at radius 2 is 2.03 bits per heavy atom. The van der Waals surface area contributed by atoms with Crippen LogP contribution in [0.25, 0.3) is 0 Å². The number of ether oxygens (including phenoxy) is 2. The summed E-state index contributed by atoms with van der Waals surface area (Å²) >= 11 is 0. The summed E-state index contributed by atoms with van der Waals surface area (Å²) in [6.45, 7) is 9.55. The maximum absolute atomic E-state index is 13.3. The highest BCUT2D eigenvalue weighted by Gasteiger charge is 2.28. The fourth-order valence-electron chi connectivity index (χ4n) is 3.87. The molecule has 30 heavy (non-hydrogen) atoms. The zero-order valence-corrected chi connectivity index (χ0v) is 18.5. The molecule has 1 N–H and O–H groups in total. The largest absolute Gasteiger partial charge is 0.383 e. The predicted octanol–water partition coefficient (Wildman–Crippen LogP) is 2.82. The number of halogens is 1. The van der Waals surface area contributed by atoms with Crippen LogP contribution in [0.15, 0.2) is 29.3 Å². The predicted molar refractivity (Wildman–Crippen MR) is 115 cm³/mol. The first kappa shape index (κ1) is 22.2. The van der Waals surface area contributed by atoms with E-state index < -0.39 is 0 Å². The lowest BCUT2D eigenvalue weighted by Gasteiger charge is -2.38. The third-order valence-corrected chi connectivity index (χ3v) is 5.48. The molecular formula is C22H32FN5O2. The summed E-state index contributed by atoms with van der Waals surface area (Å²) in [6.07, 6.45) is -0.0965. The van der Waals surface area contributed by atoms with E-state index in [-0.39, 0.29) is 18.0 Å². The van der Waals surface area contributed by atoms with E-state index in [1.165, 1.54) is 17.7 Å². The first-order chi connectivity index (χ1) is 14.4. The summed E-state index contributed by atoms with van der Waals surface area (Å²) in [5, 5.41) is 8.11. The lowest BCUT2D eigenvalue weighted by Crippen LogP contribution is -2.50. The lowest BCUT2D eigenvalue weighted by molar-refractivity contribution is -0.0605. The molecule has 0 aliphatic carbocycles. The smallest absolute Gasteiger partial charge is 0.194 e. The summed E-state index contributed by atoms with van der Waals surface area (Å²) in [4.78, 5) is 6.68. The van der Waals surface area contributed by atoms with E-state index in [9.17, 15) is 4.39 Å². The molecule has 1 aromatic heterocycles. The number of nitrogens with zero attached hydrogens (tertiary/aromatic N) is 4. The van der Waals surface area contributed by atoms with Crippen LogP contribution in [-0.4, -0.2) is 60.6 Å². The van der Waals surface area contributed by atoms with Crippen molar-refractivity contribution in [2.75, 3.05) is 33.9 Å². The fourth-order valence-corrected chi connectivity index (χ4v) is 3.87. The molecule has 0 radical (unpaired) electrons. The van der Waals surface area contributed by atoms with Crippen LogP contribution in [0.3, 0.4) is 0 Å². The molecule has 1 aromatic carbocycles. The second kappa shape index (κ2) is 10.0. The molecule has 3 rings (SSSR count). The van der Waals surface area contributed by atoms with Crippen LogP contribution in [0, 0.1) is 19.7 Å². The number of aryl methyl sites for hydroxylation is 1. The maximum Gasteiger partial charge on any atom is 0.194 e. The fraction of sp³-hybridized carbons (Fsp3) is 0.545. The van der Waals surface area contributed by atoms with Crippen molar-refractivity contribution >= 4 is 5.96 Å². The molecule has 2 unspecified atom stereocenters. The minimum atomic E-state index is -0.242. The van der Waals surface area contributed by atoms with Gasteiger partial charge in [-0.15, -0.1) is 0 Å². The van der Waals surface area contributed by atoms with Crippen LogP contribution in [0.2, 0.25) is 0 Å². The summed E-state index contributed by atoms with van der Waals surface area (Å²) in [5.74, 6) is 0.578. The van der Waals surface area contributed by atoms with Gasteiger partial charge >= 0.3 is 0 Å². The third kappa shape index (κ3) is 5.17. The highest BCUT2D eigenvalue weighted by atomic mass is 19.1. The number of aliphatic imine (C=N–C) groups is 1. The topological polar surface area (TPSA) is 63.9 Å². The minimum Gasteiger partial charge on any atom is -0.383 e. The van der Waals surface area contributed by atoms with Crippen LogP contribution in [0.1, 0.15) is 35.5 Å². The van der Waals surface area contributed by atoms with E-state index in [1.807, 2.05) is 18.5 Å². The standard InChI is InChI=1S/C22H32FN5O2/c1-15-13-27(14-21(30-15)18-6-8-19(23)9-7-18)22(24-4)25-12-20-16(2)26-28(17(20)3)10-11-29-5/h6-9,15,21H,10-14H2,1-5H3,(H,24,25). The normalized spacial score (nSPS) is 19.9. The van der Waals surface area contributed by atoms with Crippen LogP contribution >= 0.6 is 0 Å². The number of methoxy groups -OCH3 is 1. The minimum absolute atomic E-state index is 0.0348. The third-order valence-electron chi connectivity index (χ3n) is 5.48. The molecule has 2 atom stereocenters. The number of aromatic nitrogens is 2. The van der Waals surface area contributed by atoms with Gasteiger partial charge in [-0.25, -0.2) is 4.39 Å². The zero-order valence-electron chi connectivity index (χ0n) is 18.5. The first-order valence-corrected chi connectivity index (χ1v) is 10.3. The van der Waals surface area contributed by atoms with Gasteiger partial charge in [-0.3, -0.25) is 9.67 Å². The number of rotatable bonds is 6. The molecule has 1 aliphatic heterocycles. The number of morpholine rings is 1. The van der Waals surface area contributed by atoms with Crippen molar-refractivity contribution in [3.63, 3.8) is 0 Å². The Morgan fingerprint density at radius 3 is 2.70 bits per heavy atom. The van der Waals surface area contributed by atoms with Crippen LogP contribution in [0.4, 0.5) is 4.39 Å². The SMILES string of the molecule is CN=C(NCc1c(C)nn(CCOC)c1C)N1CC(C)OC(c2ccc(F)cc2)C1. The molecule has 0 bridgehead atoms. The highest BCUT2D eigenvalue weighted by Crippen LogP contribution is 2.25. The van der Waals surface area contributed by atoms with Gasteiger partial charge in [-0.2, -0.15) is 5.10 Å². The van der Waals surface area contributed by atoms with Gasteiger partial charge in [0.25, 0.3) is 0 Å². The summed E-state index contributed by atoms with van der Waals surface area (Å²) in [5.41, 5.74) is 4.27. The molecule has 1 fully saturated rings. The van der Waals surface area contributed by atoms with Gasteiger partial charge < -0.3 is 19.7 Å². The van der Waals surface area contributed by atoms with Gasteiger partial charge in [0, 0.05) is 38.5 Å². The van der Waals surface area contributed by atoms with Gasteiger partial charge in [-0.05, 0) is 38.5 Å². The first-order valence-electron chi connectivity index (χ1n) is 10.3. The molecule has 0 amide bonds. The maximum atomic E-state index is 13.3. The second-order valence-electron chi connectivity index (χ2n) is 7.66. The van der Waals surface area contributed by atoms with Gasteiger partial charge in [0.15, 0.2) is 5.96 Å². The average molecular weight is 418 g/mol. The Labute approximate surface area is 177 Å². The molecule has 1 aliphatic rings. The number of benzene rings is 1. The van der Waals surface area contributed by atoms with Crippen LogP contribution < -0.4 is 5.32 Å². The van der Waals surface area contributed by atoms with Crippen molar-refractivity contribution in [2.24, 2.45) is 4.99 Å². The second-order valence-corrected chi connectivity index (χ2v) is 7.66.